The fourth-order valence-electron chi connectivity index (χ4n) is 3.22. The third-order valence-electron chi connectivity index (χ3n) is 5.35. The average molecular weight is 387 g/mol. The number of guanidine groups is 1. The van der Waals surface area contributed by atoms with Crippen LogP contribution in [0, 0.1) is 18.2 Å². The summed E-state index contributed by atoms with van der Waals surface area (Å²) in [5.41, 5.74) is 4.14. The molecule has 0 fully saturated rings. The highest BCUT2D eigenvalue weighted by Gasteiger charge is 2.53. The van der Waals surface area contributed by atoms with E-state index in [4.69, 9.17) is 10.3 Å². The molecule has 8 nitrogen and oxygen atoms in total. The van der Waals surface area contributed by atoms with Gasteiger partial charge in [0.05, 0.1) is 5.41 Å². The lowest BCUT2D eigenvalue weighted by atomic mass is 9.67. The number of amides is 2. The van der Waals surface area contributed by atoms with Crippen LogP contribution in [0.1, 0.15) is 42.6 Å². The van der Waals surface area contributed by atoms with Crippen molar-refractivity contribution in [3.8, 4) is 0 Å². The van der Waals surface area contributed by atoms with Gasteiger partial charge in [0.2, 0.25) is 5.91 Å². The Morgan fingerprint density at radius 1 is 1.29 bits per heavy atom. The van der Waals surface area contributed by atoms with Crippen molar-refractivity contribution in [2.24, 2.45) is 16.1 Å². The second-order valence-corrected chi connectivity index (χ2v) is 7.50. The van der Waals surface area contributed by atoms with Crippen molar-refractivity contribution in [3.05, 3.63) is 47.1 Å². The Morgan fingerprint density at radius 2 is 1.96 bits per heavy atom. The first-order chi connectivity index (χ1) is 13.0. The molecular weight excluding hydrogens is 365 g/mol. The summed E-state index contributed by atoms with van der Waals surface area (Å²) in [4.78, 5) is 30.8. The quantitative estimate of drug-likeness (QED) is 0.839. The smallest absolute Gasteiger partial charge is 0.277 e. The van der Waals surface area contributed by atoms with Crippen molar-refractivity contribution in [2.45, 2.75) is 33.2 Å². The van der Waals surface area contributed by atoms with Crippen LogP contribution in [0.5, 0.6) is 0 Å². The zero-order valence-electron chi connectivity index (χ0n) is 16.3. The number of hydrogen-bond acceptors (Lipinski definition) is 6. The number of benzene rings is 1. The number of aryl methyl sites for hydroxylation is 1. The number of rotatable bonds is 3. The fraction of sp³-hybridized carbons (Fsp3) is 0.368. The number of nitrogens with two attached hydrogens (primary N) is 1. The molecule has 0 saturated heterocycles. The number of aromatic nitrogens is 1. The largest absolute Gasteiger partial charge is 0.369 e. The number of hydrogen-bond donors (Lipinski definition) is 2. The fourth-order valence-corrected chi connectivity index (χ4v) is 3.22. The van der Waals surface area contributed by atoms with Crippen LogP contribution in [-0.2, 0) is 10.3 Å². The van der Waals surface area contributed by atoms with Crippen LogP contribution in [-0.4, -0.2) is 34.9 Å². The Bertz CT molecular complexity index is 997. The van der Waals surface area contributed by atoms with Crippen molar-refractivity contribution in [1.82, 2.24) is 10.1 Å². The molecule has 1 aliphatic rings. The number of carbonyl (C=O) groups excluding carboxylic acids is 2. The van der Waals surface area contributed by atoms with Gasteiger partial charge in [-0.25, -0.2) is 9.38 Å². The molecule has 1 atom stereocenters. The molecule has 1 aromatic heterocycles. The van der Waals surface area contributed by atoms with Crippen molar-refractivity contribution in [2.75, 3.05) is 12.4 Å². The maximum absolute atomic E-state index is 14.8. The molecule has 1 aromatic carbocycles. The predicted molar refractivity (Wildman–Crippen MR) is 101 cm³/mol. The molecule has 0 spiro atoms. The van der Waals surface area contributed by atoms with Crippen molar-refractivity contribution in [3.63, 3.8) is 0 Å². The van der Waals surface area contributed by atoms with Gasteiger partial charge >= 0.3 is 0 Å². The van der Waals surface area contributed by atoms with Gasteiger partial charge in [-0.05, 0) is 45.9 Å². The summed E-state index contributed by atoms with van der Waals surface area (Å²) in [6, 6.07) is 5.58. The zero-order valence-corrected chi connectivity index (χ0v) is 16.3. The van der Waals surface area contributed by atoms with Crippen LogP contribution in [0.25, 0.3) is 0 Å². The maximum Gasteiger partial charge on any atom is 0.277 e. The van der Waals surface area contributed by atoms with E-state index in [9.17, 15) is 14.0 Å². The van der Waals surface area contributed by atoms with E-state index in [1.54, 1.807) is 27.7 Å². The monoisotopic (exact) mass is 387 g/mol. The van der Waals surface area contributed by atoms with E-state index >= 15 is 0 Å². The van der Waals surface area contributed by atoms with Crippen LogP contribution in [0.3, 0.4) is 0 Å². The van der Waals surface area contributed by atoms with Crippen LogP contribution in [0.4, 0.5) is 10.1 Å². The number of aliphatic imine (C=N–C) groups is 1. The summed E-state index contributed by atoms with van der Waals surface area (Å²) < 4.78 is 19.7. The molecule has 9 heteroatoms. The van der Waals surface area contributed by atoms with E-state index in [0.29, 0.717) is 11.4 Å². The van der Waals surface area contributed by atoms with Crippen LogP contribution in [0.2, 0.25) is 0 Å². The van der Waals surface area contributed by atoms with E-state index in [0.717, 1.165) is 0 Å². The van der Waals surface area contributed by atoms with Crippen LogP contribution in [0.15, 0.2) is 33.8 Å². The van der Waals surface area contributed by atoms with E-state index in [1.165, 1.54) is 36.2 Å². The zero-order chi connectivity index (χ0) is 20.9. The first-order valence-electron chi connectivity index (χ1n) is 8.65. The number of nitrogens with zero attached hydrogens (tertiary/aromatic N) is 3. The lowest BCUT2D eigenvalue weighted by Gasteiger charge is -2.46. The molecular formula is C19H22FN5O3. The van der Waals surface area contributed by atoms with E-state index in [-0.39, 0.29) is 23.1 Å². The van der Waals surface area contributed by atoms with Crippen molar-refractivity contribution < 1.29 is 18.5 Å². The minimum Gasteiger partial charge on any atom is -0.369 e. The van der Waals surface area contributed by atoms with Gasteiger partial charge in [0, 0.05) is 24.4 Å². The highest BCUT2D eigenvalue weighted by atomic mass is 19.1. The van der Waals surface area contributed by atoms with Crippen molar-refractivity contribution >= 4 is 23.5 Å². The Hall–Kier alpha value is -3.23. The molecule has 0 bridgehead atoms. The molecule has 0 radical (unpaired) electrons. The molecule has 0 aliphatic carbocycles. The Labute approximate surface area is 161 Å². The molecule has 3 rings (SSSR count). The Kier molecular flexibility index (Phi) is 4.49. The first-order valence-corrected chi connectivity index (χ1v) is 8.65. The number of anilines is 1. The summed E-state index contributed by atoms with van der Waals surface area (Å²) >= 11 is 0. The highest BCUT2D eigenvalue weighted by Crippen LogP contribution is 2.47. The summed E-state index contributed by atoms with van der Waals surface area (Å²) in [6.45, 7) is 6.69. The van der Waals surface area contributed by atoms with Crippen LogP contribution >= 0.6 is 0 Å². The van der Waals surface area contributed by atoms with Crippen molar-refractivity contribution in [1.29, 1.82) is 0 Å². The molecule has 2 amide bonds. The van der Waals surface area contributed by atoms with Gasteiger partial charge in [0.15, 0.2) is 11.7 Å². The van der Waals surface area contributed by atoms with Gasteiger partial charge < -0.3 is 15.6 Å². The molecule has 1 aliphatic heterocycles. The summed E-state index contributed by atoms with van der Waals surface area (Å²) in [5.74, 6) is -0.844. The Balaban J connectivity index is 2.04. The topological polar surface area (TPSA) is 114 Å². The number of halogens is 1. The number of nitrogens with one attached hydrogen (secondary N) is 1. The molecule has 2 heterocycles. The third-order valence-corrected chi connectivity index (χ3v) is 5.35. The SMILES string of the molecule is Cc1cc(C(=O)Nc2ccc(F)c(C3(C)N=C(N)N(C)C(=O)C3(C)C)c2)no1. The van der Waals surface area contributed by atoms with Crippen LogP contribution < -0.4 is 11.1 Å². The molecule has 2 aromatic rings. The van der Waals surface area contributed by atoms with Gasteiger partial charge in [-0.3, -0.25) is 14.5 Å². The summed E-state index contributed by atoms with van der Waals surface area (Å²) in [6.07, 6.45) is 0. The van der Waals surface area contributed by atoms with E-state index < -0.39 is 22.7 Å². The third kappa shape index (κ3) is 2.92. The lowest BCUT2D eigenvalue weighted by Crippen LogP contribution is -2.58. The Morgan fingerprint density at radius 3 is 2.57 bits per heavy atom. The minimum atomic E-state index is -1.27. The standard InChI is InChI=1S/C19H22FN5O3/c1-10-8-14(24-28-10)15(26)22-11-6-7-13(20)12(9-11)19(4)18(2,3)16(27)25(5)17(21)23-19/h6-9H,1-5H3,(H2,21,23)(H,22,26). The normalized spacial score (nSPS) is 21.4. The first kappa shape index (κ1) is 19.5. The lowest BCUT2D eigenvalue weighted by molar-refractivity contribution is -0.140. The van der Waals surface area contributed by atoms with Gasteiger partial charge in [0.25, 0.3) is 5.91 Å². The van der Waals surface area contributed by atoms with E-state index in [1.807, 2.05) is 0 Å². The van der Waals surface area contributed by atoms with Gasteiger partial charge in [-0.15, -0.1) is 0 Å². The molecule has 0 saturated carbocycles. The summed E-state index contributed by atoms with van der Waals surface area (Å²) in [5, 5.41) is 6.31. The summed E-state index contributed by atoms with van der Waals surface area (Å²) in [7, 11) is 1.52. The number of carbonyl (C=O) groups is 2. The average Bonchev–Trinajstić information content (AvgIpc) is 3.07. The van der Waals surface area contributed by atoms with Gasteiger partial charge in [-0.2, -0.15) is 0 Å². The van der Waals surface area contributed by atoms with E-state index in [2.05, 4.69) is 15.5 Å². The highest BCUT2D eigenvalue weighted by molar-refractivity contribution is 6.03. The maximum atomic E-state index is 14.8. The predicted octanol–water partition coefficient (Wildman–Crippen LogP) is 2.40. The molecule has 1 unspecified atom stereocenters. The van der Waals surface area contributed by atoms with Gasteiger partial charge in [-0.1, -0.05) is 5.16 Å². The minimum absolute atomic E-state index is 0.00117. The molecule has 28 heavy (non-hydrogen) atoms. The molecule has 148 valence electrons. The second kappa shape index (κ2) is 6.43. The second-order valence-electron chi connectivity index (χ2n) is 7.50. The molecule has 3 N–H and O–H groups in total. The van der Waals surface area contributed by atoms with Gasteiger partial charge in [0.1, 0.15) is 17.1 Å².